The van der Waals surface area contributed by atoms with E-state index in [9.17, 15) is 4.79 Å². The van der Waals surface area contributed by atoms with Crippen molar-refractivity contribution in [2.24, 2.45) is 5.73 Å². The SMILES string of the molecule is Cc1cc(OCCCC(=O)N2CCC(N)CC2)ccc1Cl.Cl. The van der Waals surface area contributed by atoms with E-state index in [2.05, 4.69) is 0 Å². The van der Waals surface area contributed by atoms with Gasteiger partial charge < -0.3 is 15.4 Å². The first-order valence-electron chi connectivity index (χ1n) is 7.48. The lowest BCUT2D eigenvalue weighted by molar-refractivity contribution is -0.132. The lowest BCUT2D eigenvalue weighted by atomic mass is 10.1. The number of amides is 1. The zero-order valence-electron chi connectivity index (χ0n) is 12.9. The number of halogens is 2. The van der Waals surface area contributed by atoms with Crippen LogP contribution in [0.1, 0.15) is 31.2 Å². The van der Waals surface area contributed by atoms with Crippen LogP contribution in [0.2, 0.25) is 5.02 Å². The Labute approximate surface area is 143 Å². The van der Waals surface area contributed by atoms with E-state index < -0.39 is 0 Å². The molecule has 1 amide bonds. The van der Waals surface area contributed by atoms with Gasteiger partial charge in [0.25, 0.3) is 0 Å². The van der Waals surface area contributed by atoms with Gasteiger partial charge >= 0.3 is 0 Å². The molecule has 22 heavy (non-hydrogen) atoms. The molecule has 1 saturated heterocycles. The molecule has 2 rings (SSSR count). The molecule has 1 fully saturated rings. The fraction of sp³-hybridized carbons (Fsp3) is 0.562. The Bertz CT molecular complexity index is 489. The summed E-state index contributed by atoms with van der Waals surface area (Å²) in [6.07, 6.45) is 3.07. The number of carbonyl (C=O) groups is 1. The van der Waals surface area contributed by atoms with Crippen molar-refractivity contribution in [3.63, 3.8) is 0 Å². The summed E-state index contributed by atoms with van der Waals surface area (Å²) in [5.74, 6) is 1.01. The Balaban J connectivity index is 0.00000242. The minimum absolute atomic E-state index is 0. The van der Waals surface area contributed by atoms with E-state index in [-0.39, 0.29) is 24.4 Å². The largest absolute Gasteiger partial charge is 0.494 e. The van der Waals surface area contributed by atoms with E-state index in [4.69, 9.17) is 22.1 Å². The van der Waals surface area contributed by atoms with Crippen molar-refractivity contribution in [1.82, 2.24) is 4.90 Å². The van der Waals surface area contributed by atoms with Crippen LogP contribution in [0, 0.1) is 6.92 Å². The molecule has 0 spiro atoms. The topological polar surface area (TPSA) is 55.6 Å². The molecule has 1 aromatic carbocycles. The number of hydrogen-bond donors (Lipinski definition) is 1. The maximum Gasteiger partial charge on any atom is 0.222 e. The standard InChI is InChI=1S/C16H23ClN2O2.ClH/c1-12-11-14(4-5-15(12)17)21-10-2-3-16(20)19-8-6-13(18)7-9-19;/h4-5,11,13H,2-3,6-10,18H2,1H3;1H. The second-order valence-electron chi connectivity index (χ2n) is 5.58. The van der Waals surface area contributed by atoms with Crippen molar-refractivity contribution in [1.29, 1.82) is 0 Å². The van der Waals surface area contributed by atoms with Crippen molar-refractivity contribution in [3.05, 3.63) is 28.8 Å². The molecule has 0 saturated carbocycles. The lowest BCUT2D eigenvalue weighted by Crippen LogP contribution is -2.42. The Kier molecular flexibility index (Phi) is 8.01. The van der Waals surface area contributed by atoms with E-state index in [0.717, 1.165) is 48.7 Å². The first-order chi connectivity index (χ1) is 10.1. The van der Waals surface area contributed by atoms with Crippen molar-refractivity contribution in [3.8, 4) is 5.75 Å². The minimum atomic E-state index is 0. The van der Waals surface area contributed by atoms with Crippen LogP contribution >= 0.6 is 24.0 Å². The molecule has 4 nitrogen and oxygen atoms in total. The number of benzene rings is 1. The average molecular weight is 347 g/mol. The molecule has 0 aromatic heterocycles. The van der Waals surface area contributed by atoms with Crippen molar-refractivity contribution in [2.75, 3.05) is 19.7 Å². The predicted octanol–water partition coefficient (Wildman–Crippen LogP) is 3.18. The van der Waals surface area contributed by atoms with E-state index in [1.165, 1.54) is 0 Å². The van der Waals surface area contributed by atoms with Gasteiger partial charge in [-0.2, -0.15) is 0 Å². The van der Waals surface area contributed by atoms with Crippen LogP contribution in [0.5, 0.6) is 5.75 Å². The van der Waals surface area contributed by atoms with E-state index >= 15 is 0 Å². The summed E-state index contributed by atoms with van der Waals surface area (Å²) in [5.41, 5.74) is 6.83. The highest BCUT2D eigenvalue weighted by molar-refractivity contribution is 6.31. The molecule has 1 aliphatic rings. The molecular weight excluding hydrogens is 323 g/mol. The molecule has 0 bridgehead atoms. The fourth-order valence-electron chi connectivity index (χ4n) is 2.43. The number of likely N-dealkylation sites (tertiary alicyclic amines) is 1. The van der Waals surface area contributed by atoms with Gasteiger partial charge in [0.15, 0.2) is 0 Å². The maximum atomic E-state index is 12.0. The van der Waals surface area contributed by atoms with Crippen LogP contribution in [0.4, 0.5) is 0 Å². The number of nitrogens with zero attached hydrogens (tertiary/aromatic N) is 1. The van der Waals surface area contributed by atoms with Gasteiger partial charge in [0.1, 0.15) is 5.75 Å². The zero-order valence-corrected chi connectivity index (χ0v) is 14.5. The van der Waals surface area contributed by atoms with E-state index in [1.54, 1.807) is 0 Å². The van der Waals surface area contributed by atoms with Gasteiger partial charge in [0.05, 0.1) is 6.61 Å². The third kappa shape index (κ3) is 5.67. The molecule has 1 heterocycles. The molecule has 0 radical (unpaired) electrons. The molecule has 2 N–H and O–H groups in total. The highest BCUT2D eigenvalue weighted by Gasteiger charge is 2.19. The third-order valence-electron chi connectivity index (χ3n) is 3.83. The second kappa shape index (κ2) is 9.23. The average Bonchev–Trinajstić information content (AvgIpc) is 2.47. The van der Waals surface area contributed by atoms with Crippen LogP contribution < -0.4 is 10.5 Å². The molecular formula is C16H24Cl2N2O2. The van der Waals surface area contributed by atoms with Gasteiger partial charge in [-0.15, -0.1) is 12.4 Å². The Morgan fingerprint density at radius 3 is 2.73 bits per heavy atom. The second-order valence-corrected chi connectivity index (χ2v) is 5.99. The first kappa shape index (κ1) is 19.1. The highest BCUT2D eigenvalue weighted by atomic mass is 35.5. The maximum absolute atomic E-state index is 12.0. The van der Waals surface area contributed by atoms with Crippen LogP contribution in [-0.4, -0.2) is 36.5 Å². The van der Waals surface area contributed by atoms with Crippen LogP contribution in [0.3, 0.4) is 0 Å². The number of carbonyl (C=O) groups excluding carboxylic acids is 1. The van der Waals surface area contributed by atoms with Gasteiger partial charge in [-0.25, -0.2) is 0 Å². The summed E-state index contributed by atoms with van der Waals surface area (Å²) in [7, 11) is 0. The van der Waals surface area contributed by atoms with Crippen LogP contribution in [0.15, 0.2) is 18.2 Å². The molecule has 0 unspecified atom stereocenters. The smallest absolute Gasteiger partial charge is 0.222 e. The molecule has 124 valence electrons. The number of rotatable bonds is 5. The fourth-order valence-corrected chi connectivity index (χ4v) is 2.54. The van der Waals surface area contributed by atoms with Crippen molar-refractivity contribution in [2.45, 2.75) is 38.6 Å². The molecule has 6 heteroatoms. The van der Waals surface area contributed by atoms with Gasteiger partial charge in [-0.1, -0.05) is 11.6 Å². The minimum Gasteiger partial charge on any atom is -0.494 e. The number of nitrogens with two attached hydrogens (primary N) is 1. The van der Waals surface area contributed by atoms with Crippen molar-refractivity contribution >= 4 is 29.9 Å². The summed E-state index contributed by atoms with van der Waals surface area (Å²) >= 11 is 5.97. The number of hydrogen-bond acceptors (Lipinski definition) is 3. The highest BCUT2D eigenvalue weighted by Crippen LogP contribution is 2.21. The number of piperidine rings is 1. The molecule has 0 aliphatic carbocycles. The van der Waals surface area contributed by atoms with Gasteiger partial charge in [-0.3, -0.25) is 4.79 Å². The number of aryl methyl sites for hydroxylation is 1. The van der Waals surface area contributed by atoms with E-state index in [1.807, 2.05) is 30.0 Å². The molecule has 0 atom stereocenters. The normalized spacial score (nSPS) is 15.3. The summed E-state index contributed by atoms with van der Waals surface area (Å²) in [5, 5.41) is 0.737. The Morgan fingerprint density at radius 2 is 2.09 bits per heavy atom. The first-order valence-corrected chi connectivity index (χ1v) is 7.86. The molecule has 1 aliphatic heterocycles. The monoisotopic (exact) mass is 346 g/mol. The summed E-state index contributed by atoms with van der Waals surface area (Å²) in [6, 6.07) is 5.85. The predicted molar refractivity (Wildman–Crippen MR) is 92.0 cm³/mol. The van der Waals surface area contributed by atoms with E-state index in [0.29, 0.717) is 13.0 Å². The number of ether oxygens (including phenoxy) is 1. The molecule has 1 aromatic rings. The third-order valence-corrected chi connectivity index (χ3v) is 4.25. The zero-order chi connectivity index (χ0) is 15.2. The van der Waals surface area contributed by atoms with Gasteiger partial charge in [0, 0.05) is 30.6 Å². The Hall–Kier alpha value is -0.970. The quantitative estimate of drug-likeness (QED) is 0.833. The summed E-state index contributed by atoms with van der Waals surface area (Å²) < 4.78 is 5.65. The lowest BCUT2D eigenvalue weighted by Gasteiger charge is -2.30. The van der Waals surface area contributed by atoms with Gasteiger partial charge in [-0.05, 0) is 49.9 Å². The van der Waals surface area contributed by atoms with Gasteiger partial charge in [0.2, 0.25) is 5.91 Å². The Morgan fingerprint density at radius 1 is 1.41 bits per heavy atom. The summed E-state index contributed by atoms with van der Waals surface area (Å²) in [4.78, 5) is 13.9. The van der Waals surface area contributed by atoms with Crippen molar-refractivity contribution < 1.29 is 9.53 Å². The van der Waals surface area contributed by atoms with Crippen LogP contribution in [0.25, 0.3) is 0 Å². The summed E-state index contributed by atoms with van der Waals surface area (Å²) in [6.45, 7) is 4.06. The van der Waals surface area contributed by atoms with Crippen LogP contribution in [-0.2, 0) is 4.79 Å².